The molecule has 67 heavy (non-hydrogen) atoms. The highest BCUT2D eigenvalue weighted by Crippen LogP contribution is 2.14. The average molecular weight is 931 g/mol. The molecule has 0 heterocycles. The highest BCUT2D eigenvalue weighted by Gasteiger charge is 2.19. The minimum atomic E-state index is -0.777. The van der Waals surface area contributed by atoms with Crippen molar-refractivity contribution in [2.24, 2.45) is 0 Å². The Hall–Kier alpha value is -3.67. The van der Waals surface area contributed by atoms with Crippen LogP contribution in [0.25, 0.3) is 0 Å². The summed E-state index contributed by atoms with van der Waals surface area (Å²) in [5, 5.41) is 0. The summed E-state index contributed by atoms with van der Waals surface area (Å²) in [5.41, 5.74) is 0. The van der Waals surface area contributed by atoms with Gasteiger partial charge < -0.3 is 14.2 Å². The fourth-order valence-electron chi connectivity index (χ4n) is 7.46. The number of unbranched alkanes of at least 4 members (excludes halogenated alkanes) is 22. The summed E-state index contributed by atoms with van der Waals surface area (Å²) >= 11 is 0. The van der Waals surface area contributed by atoms with Crippen molar-refractivity contribution in [2.75, 3.05) is 13.2 Å². The molecule has 0 aromatic rings. The lowest BCUT2D eigenvalue weighted by Crippen LogP contribution is -2.30. The third-order valence-electron chi connectivity index (χ3n) is 11.6. The first kappa shape index (κ1) is 63.3. The Kier molecular flexibility index (Phi) is 51.9. The molecule has 0 radical (unpaired) electrons. The van der Waals surface area contributed by atoms with Crippen molar-refractivity contribution < 1.29 is 28.6 Å². The van der Waals surface area contributed by atoms with Gasteiger partial charge in [0.15, 0.2) is 6.10 Å². The minimum Gasteiger partial charge on any atom is -0.462 e. The van der Waals surface area contributed by atoms with E-state index in [1.165, 1.54) is 89.9 Å². The van der Waals surface area contributed by atoms with E-state index in [-0.39, 0.29) is 31.1 Å². The Bertz CT molecular complexity index is 1350. The van der Waals surface area contributed by atoms with Crippen LogP contribution in [0.4, 0.5) is 0 Å². The highest BCUT2D eigenvalue weighted by atomic mass is 16.6. The molecule has 1 unspecified atom stereocenters. The molecule has 0 N–H and O–H groups in total. The zero-order valence-corrected chi connectivity index (χ0v) is 43.6. The smallest absolute Gasteiger partial charge is 0.306 e. The van der Waals surface area contributed by atoms with Gasteiger partial charge in [-0.3, -0.25) is 14.4 Å². The normalized spacial score (nSPS) is 12.8. The molecule has 0 spiro atoms. The van der Waals surface area contributed by atoms with Crippen molar-refractivity contribution >= 4 is 17.9 Å². The summed E-state index contributed by atoms with van der Waals surface area (Å²) in [6.07, 6.45) is 72.7. The second kappa shape index (κ2) is 54.9. The molecule has 0 rings (SSSR count). The molecule has 0 bridgehead atoms. The standard InChI is InChI=1S/C61H102O6/c1-4-7-10-13-16-19-20-21-22-23-24-25-26-27-28-29-30-31-32-33-34-35-36-37-38-39-40-43-45-48-51-54-60(63)66-57-58(67-61(64)55-52-49-46-42-18-15-12-9-6-3)56-65-59(62)53-50-47-44-41-17-14-11-8-5-2/h7,10,16,19,21-22,24-25,27-28,30-31,33-34,36-37,58H,4-6,8-9,11-15,17-18,20,23,26,29,32,35,38-57H2,1-3H3/b10-7-,19-16-,22-21-,25-24-,28-27-,31-30-,34-33-,37-36-. The van der Waals surface area contributed by atoms with Crippen molar-refractivity contribution in [2.45, 2.75) is 258 Å². The number of hydrogen-bond acceptors (Lipinski definition) is 6. The predicted octanol–water partition coefficient (Wildman–Crippen LogP) is 18.5. The molecular formula is C61H102O6. The van der Waals surface area contributed by atoms with Crippen LogP contribution in [0, 0.1) is 0 Å². The van der Waals surface area contributed by atoms with Gasteiger partial charge in [-0.05, 0) is 83.5 Å². The maximum atomic E-state index is 12.7. The summed E-state index contributed by atoms with van der Waals surface area (Å²) in [5.74, 6) is -0.901. The van der Waals surface area contributed by atoms with Crippen LogP contribution in [0.2, 0.25) is 0 Å². The van der Waals surface area contributed by atoms with E-state index in [1.54, 1.807) is 0 Å². The second-order valence-corrected chi connectivity index (χ2v) is 18.1. The van der Waals surface area contributed by atoms with Gasteiger partial charge in [0.05, 0.1) is 0 Å². The monoisotopic (exact) mass is 931 g/mol. The van der Waals surface area contributed by atoms with Gasteiger partial charge in [0.1, 0.15) is 13.2 Å². The SMILES string of the molecule is CC/C=C\C/C=C\C/C=C\C/C=C\C/C=C\C/C=C\C/C=C\C/C=C\CCCCCCCCC(=O)OCC(COC(=O)CCCCCCCCCCC)OC(=O)CCCCCCCCCCC. The van der Waals surface area contributed by atoms with Crippen LogP contribution in [0.15, 0.2) is 97.2 Å². The van der Waals surface area contributed by atoms with Crippen LogP contribution >= 0.6 is 0 Å². The summed E-state index contributed by atoms with van der Waals surface area (Å²) < 4.78 is 16.7. The van der Waals surface area contributed by atoms with E-state index >= 15 is 0 Å². The van der Waals surface area contributed by atoms with Crippen molar-refractivity contribution in [3.05, 3.63) is 97.2 Å². The number of allylic oxidation sites excluding steroid dienone is 16. The summed E-state index contributed by atoms with van der Waals surface area (Å²) in [7, 11) is 0. The largest absolute Gasteiger partial charge is 0.462 e. The van der Waals surface area contributed by atoms with Gasteiger partial charge in [-0.15, -0.1) is 0 Å². The lowest BCUT2D eigenvalue weighted by Gasteiger charge is -2.18. The second-order valence-electron chi connectivity index (χ2n) is 18.1. The van der Waals surface area contributed by atoms with Crippen LogP contribution < -0.4 is 0 Å². The molecule has 1 atom stereocenters. The van der Waals surface area contributed by atoms with Gasteiger partial charge in [0.25, 0.3) is 0 Å². The maximum Gasteiger partial charge on any atom is 0.306 e. The lowest BCUT2D eigenvalue weighted by molar-refractivity contribution is -0.167. The number of rotatable bonds is 49. The van der Waals surface area contributed by atoms with E-state index in [0.29, 0.717) is 19.3 Å². The summed E-state index contributed by atoms with van der Waals surface area (Å²) in [6.45, 7) is 6.47. The average Bonchev–Trinajstić information content (AvgIpc) is 3.33. The molecule has 0 aliphatic carbocycles. The molecule has 0 aromatic heterocycles. The quantitative estimate of drug-likeness (QED) is 0.0262. The third-order valence-corrected chi connectivity index (χ3v) is 11.6. The van der Waals surface area contributed by atoms with Crippen LogP contribution in [-0.4, -0.2) is 37.2 Å². The first-order valence-corrected chi connectivity index (χ1v) is 27.7. The maximum absolute atomic E-state index is 12.7. The van der Waals surface area contributed by atoms with E-state index in [1.807, 2.05) is 0 Å². The molecule has 0 saturated heterocycles. The first-order chi connectivity index (χ1) is 33.0. The zero-order chi connectivity index (χ0) is 48.6. The van der Waals surface area contributed by atoms with Crippen LogP contribution in [0.1, 0.15) is 252 Å². The Morgan fingerprint density at radius 1 is 0.313 bits per heavy atom. The molecule has 382 valence electrons. The van der Waals surface area contributed by atoms with E-state index < -0.39 is 6.10 Å². The predicted molar refractivity (Wildman–Crippen MR) is 288 cm³/mol. The van der Waals surface area contributed by atoms with Crippen molar-refractivity contribution in [1.29, 1.82) is 0 Å². The number of ether oxygens (including phenoxy) is 3. The van der Waals surface area contributed by atoms with Gasteiger partial charge in [0.2, 0.25) is 0 Å². The van der Waals surface area contributed by atoms with Crippen molar-refractivity contribution in [3.63, 3.8) is 0 Å². The molecule has 6 nitrogen and oxygen atoms in total. The topological polar surface area (TPSA) is 78.9 Å². The lowest BCUT2D eigenvalue weighted by atomic mass is 10.1. The molecule has 0 aromatic carbocycles. The highest BCUT2D eigenvalue weighted by molar-refractivity contribution is 5.71. The van der Waals surface area contributed by atoms with Crippen molar-refractivity contribution in [3.8, 4) is 0 Å². The third kappa shape index (κ3) is 53.2. The van der Waals surface area contributed by atoms with E-state index in [9.17, 15) is 14.4 Å². The molecular weight excluding hydrogens is 829 g/mol. The number of hydrogen-bond donors (Lipinski definition) is 0. The van der Waals surface area contributed by atoms with E-state index in [4.69, 9.17) is 14.2 Å². The number of carbonyl (C=O) groups is 3. The molecule has 0 saturated carbocycles. The van der Waals surface area contributed by atoms with Gasteiger partial charge >= 0.3 is 17.9 Å². The van der Waals surface area contributed by atoms with Gasteiger partial charge in [-0.1, -0.05) is 246 Å². The molecule has 0 fully saturated rings. The van der Waals surface area contributed by atoms with E-state index in [2.05, 4.69) is 118 Å². The van der Waals surface area contributed by atoms with Gasteiger partial charge in [0, 0.05) is 19.3 Å². The molecule has 0 aliphatic rings. The number of carbonyl (C=O) groups excluding carboxylic acids is 3. The Balaban J connectivity index is 4.15. The Morgan fingerprint density at radius 2 is 0.582 bits per heavy atom. The van der Waals surface area contributed by atoms with Gasteiger partial charge in [-0.25, -0.2) is 0 Å². The fourth-order valence-corrected chi connectivity index (χ4v) is 7.46. The molecule has 0 amide bonds. The van der Waals surface area contributed by atoms with E-state index in [0.717, 1.165) is 122 Å². The van der Waals surface area contributed by atoms with Gasteiger partial charge in [-0.2, -0.15) is 0 Å². The Labute approximate surface area is 413 Å². The molecule has 0 aliphatic heterocycles. The zero-order valence-electron chi connectivity index (χ0n) is 43.6. The van der Waals surface area contributed by atoms with Crippen LogP contribution in [0.5, 0.6) is 0 Å². The minimum absolute atomic E-state index is 0.0794. The number of esters is 3. The first-order valence-electron chi connectivity index (χ1n) is 27.7. The van der Waals surface area contributed by atoms with Crippen LogP contribution in [0.3, 0.4) is 0 Å². The van der Waals surface area contributed by atoms with Crippen LogP contribution in [-0.2, 0) is 28.6 Å². The summed E-state index contributed by atoms with van der Waals surface area (Å²) in [4.78, 5) is 37.8. The van der Waals surface area contributed by atoms with Crippen molar-refractivity contribution in [1.82, 2.24) is 0 Å². The summed E-state index contributed by atoms with van der Waals surface area (Å²) in [6, 6.07) is 0. The molecule has 6 heteroatoms. The Morgan fingerprint density at radius 3 is 0.910 bits per heavy atom. The fraction of sp³-hybridized carbons (Fsp3) is 0.689.